The van der Waals surface area contributed by atoms with Crippen LogP contribution in [-0.4, -0.2) is 9.97 Å². The third-order valence-electron chi connectivity index (χ3n) is 6.42. The molecule has 7 rings (SSSR count). The second kappa shape index (κ2) is 8.59. The van der Waals surface area contributed by atoms with Crippen molar-refractivity contribution in [3.63, 3.8) is 0 Å². The monoisotopic (exact) mass is 480 g/mol. The van der Waals surface area contributed by atoms with Gasteiger partial charge in [-0.1, -0.05) is 66.7 Å². The van der Waals surface area contributed by atoms with Gasteiger partial charge < -0.3 is 4.74 Å². The highest BCUT2D eigenvalue weighted by Gasteiger charge is 2.14. The second-order valence-electron chi connectivity index (χ2n) is 8.67. The van der Waals surface area contributed by atoms with E-state index in [4.69, 9.17) is 9.72 Å². The number of nitrogens with zero attached hydrogens (tertiary/aromatic N) is 2. The SMILES string of the molecule is c1ccc(-c2cccc(Oc3cccc(-c4nccc5c4sc4c6ccccc6ccc54)c3)c2)nc1. The molecule has 0 aliphatic heterocycles. The molecule has 0 aliphatic carbocycles. The highest BCUT2D eigenvalue weighted by atomic mass is 32.1. The molecule has 0 unspecified atom stereocenters. The van der Waals surface area contributed by atoms with E-state index >= 15 is 0 Å². The number of fused-ring (bicyclic) bond motifs is 5. The van der Waals surface area contributed by atoms with Crippen molar-refractivity contribution < 1.29 is 4.74 Å². The van der Waals surface area contributed by atoms with Gasteiger partial charge >= 0.3 is 0 Å². The van der Waals surface area contributed by atoms with Crippen molar-refractivity contribution in [1.82, 2.24) is 9.97 Å². The molecule has 0 atom stereocenters. The fourth-order valence-corrected chi connectivity index (χ4v) is 6.07. The van der Waals surface area contributed by atoms with Gasteiger partial charge in [-0.05, 0) is 53.2 Å². The molecule has 0 amide bonds. The van der Waals surface area contributed by atoms with Crippen molar-refractivity contribution in [3.8, 4) is 34.0 Å². The molecule has 3 heterocycles. The lowest BCUT2D eigenvalue weighted by molar-refractivity contribution is 0.483. The first kappa shape index (κ1) is 20.8. The van der Waals surface area contributed by atoms with E-state index in [0.717, 1.165) is 34.0 Å². The van der Waals surface area contributed by atoms with Crippen molar-refractivity contribution >= 4 is 42.3 Å². The average Bonchev–Trinajstić information content (AvgIpc) is 3.33. The van der Waals surface area contributed by atoms with Crippen LogP contribution < -0.4 is 4.74 Å². The summed E-state index contributed by atoms with van der Waals surface area (Å²) in [5.41, 5.74) is 3.96. The van der Waals surface area contributed by atoms with Crippen LogP contribution >= 0.6 is 11.3 Å². The Morgan fingerprint density at radius 1 is 0.528 bits per heavy atom. The maximum absolute atomic E-state index is 6.28. The zero-order valence-electron chi connectivity index (χ0n) is 19.3. The van der Waals surface area contributed by atoms with Gasteiger partial charge in [0.2, 0.25) is 0 Å². The Morgan fingerprint density at radius 3 is 2.17 bits per heavy atom. The maximum atomic E-state index is 6.28. The van der Waals surface area contributed by atoms with Gasteiger partial charge in [-0.25, -0.2) is 0 Å². The molecule has 0 saturated carbocycles. The lowest BCUT2D eigenvalue weighted by Gasteiger charge is -2.09. The van der Waals surface area contributed by atoms with Crippen molar-refractivity contribution in [1.29, 1.82) is 0 Å². The van der Waals surface area contributed by atoms with Crippen LogP contribution in [0.5, 0.6) is 11.5 Å². The molecular weight excluding hydrogens is 460 g/mol. The molecule has 0 spiro atoms. The zero-order chi connectivity index (χ0) is 23.9. The molecule has 4 heteroatoms. The van der Waals surface area contributed by atoms with Gasteiger partial charge in [0.25, 0.3) is 0 Å². The average molecular weight is 481 g/mol. The smallest absolute Gasteiger partial charge is 0.128 e. The van der Waals surface area contributed by atoms with Crippen LogP contribution in [0.4, 0.5) is 0 Å². The highest BCUT2D eigenvalue weighted by Crippen LogP contribution is 2.42. The number of thiophene rings is 1. The number of aromatic nitrogens is 2. The summed E-state index contributed by atoms with van der Waals surface area (Å²) in [6.07, 6.45) is 3.71. The molecule has 0 saturated heterocycles. The molecule has 0 N–H and O–H groups in total. The standard InChI is InChI=1S/C32H20N2OS/c1-2-12-26-21(7-1)14-15-27-28-16-18-34-30(32(28)36-31(26)27)23-9-6-11-25(20-23)35-24-10-5-8-22(19-24)29-13-3-4-17-33-29/h1-20H. The predicted octanol–water partition coefficient (Wildman–Crippen LogP) is 9.12. The van der Waals surface area contributed by atoms with E-state index in [1.807, 2.05) is 72.1 Å². The Labute approximate surface area is 212 Å². The summed E-state index contributed by atoms with van der Waals surface area (Å²) in [5.74, 6) is 1.55. The first-order valence-corrected chi connectivity index (χ1v) is 12.6. The Bertz CT molecular complexity index is 1870. The summed E-state index contributed by atoms with van der Waals surface area (Å²) in [7, 11) is 0. The van der Waals surface area contributed by atoms with Crippen LogP contribution in [0.1, 0.15) is 0 Å². The Hall–Kier alpha value is -4.54. The van der Waals surface area contributed by atoms with Crippen LogP contribution in [0.2, 0.25) is 0 Å². The summed E-state index contributed by atoms with van der Waals surface area (Å²) in [6, 6.07) is 37.2. The molecule has 0 radical (unpaired) electrons. The van der Waals surface area contributed by atoms with Crippen molar-refractivity contribution in [2.45, 2.75) is 0 Å². The number of rotatable bonds is 4. The number of pyridine rings is 2. The Morgan fingerprint density at radius 2 is 1.31 bits per heavy atom. The van der Waals surface area contributed by atoms with E-state index in [1.165, 1.54) is 30.9 Å². The molecule has 0 bridgehead atoms. The Kier molecular flexibility index (Phi) is 4.97. The minimum absolute atomic E-state index is 0.773. The van der Waals surface area contributed by atoms with E-state index in [-0.39, 0.29) is 0 Å². The first-order chi connectivity index (χ1) is 17.8. The highest BCUT2D eigenvalue weighted by molar-refractivity contribution is 7.27. The molecule has 4 aromatic carbocycles. The minimum Gasteiger partial charge on any atom is -0.457 e. The van der Waals surface area contributed by atoms with Gasteiger partial charge in [0.15, 0.2) is 0 Å². The van der Waals surface area contributed by atoms with Gasteiger partial charge in [-0.3, -0.25) is 9.97 Å². The molecule has 3 nitrogen and oxygen atoms in total. The van der Waals surface area contributed by atoms with Crippen LogP contribution in [0, 0.1) is 0 Å². The fourth-order valence-electron chi connectivity index (χ4n) is 4.73. The first-order valence-electron chi connectivity index (χ1n) is 11.8. The Balaban J connectivity index is 1.29. The molecule has 0 aliphatic rings. The van der Waals surface area contributed by atoms with E-state index < -0.39 is 0 Å². The van der Waals surface area contributed by atoms with E-state index in [9.17, 15) is 0 Å². The minimum atomic E-state index is 0.773. The fraction of sp³-hybridized carbons (Fsp3) is 0. The van der Waals surface area contributed by atoms with Crippen LogP contribution in [0.15, 0.2) is 122 Å². The number of hydrogen-bond acceptors (Lipinski definition) is 4. The van der Waals surface area contributed by atoms with Gasteiger partial charge in [0.1, 0.15) is 11.5 Å². The zero-order valence-corrected chi connectivity index (χ0v) is 20.1. The molecule has 3 aromatic heterocycles. The lowest BCUT2D eigenvalue weighted by Crippen LogP contribution is -1.88. The van der Waals surface area contributed by atoms with E-state index in [1.54, 1.807) is 6.20 Å². The predicted molar refractivity (Wildman–Crippen MR) is 150 cm³/mol. The molecular formula is C32H20N2OS. The normalized spacial score (nSPS) is 11.3. The van der Waals surface area contributed by atoms with E-state index in [0.29, 0.717) is 0 Å². The summed E-state index contributed by atoms with van der Waals surface area (Å²) in [4.78, 5) is 9.26. The van der Waals surface area contributed by atoms with E-state index in [2.05, 4.69) is 59.6 Å². The topological polar surface area (TPSA) is 35.0 Å². The van der Waals surface area contributed by atoms with Crippen LogP contribution in [0.25, 0.3) is 53.5 Å². The maximum Gasteiger partial charge on any atom is 0.128 e. The summed E-state index contributed by atoms with van der Waals surface area (Å²) >= 11 is 1.81. The molecule has 36 heavy (non-hydrogen) atoms. The van der Waals surface area contributed by atoms with Crippen LogP contribution in [-0.2, 0) is 0 Å². The van der Waals surface area contributed by atoms with Gasteiger partial charge in [-0.2, -0.15) is 0 Å². The van der Waals surface area contributed by atoms with Crippen molar-refractivity contribution in [2.24, 2.45) is 0 Å². The van der Waals surface area contributed by atoms with Crippen molar-refractivity contribution in [3.05, 3.63) is 122 Å². The molecule has 170 valence electrons. The van der Waals surface area contributed by atoms with Crippen LogP contribution in [0.3, 0.4) is 0 Å². The number of benzene rings is 4. The number of ether oxygens (including phenoxy) is 1. The van der Waals surface area contributed by atoms with Gasteiger partial charge in [0, 0.05) is 39.0 Å². The lowest BCUT2D eigenvalue weighted by atomic mass is 10.0. The third-order valence-corrected chi connectivity index (χ3v) is 7.68. The summed E-state index contributed by atoms with van der Waals surface area (Å²) < 4.78 is 8.77. The molecule has 7 aromatic rings. The molecule has 0 fully saturated rings. The largest absolute Gasteiger partial charge is 0.457 e. The number of hydrogen-bond donors (Lipinski definition) is 0. The van der Waals surface area contributed by atoms with Crippen molar-refractivity contribution in [2.75, 3.05) is 0 Å². The summed E-state index contributed by atoms with van der Waals surface area (Å²) in [6.45, 7) is 0. The quantitative estimate of drug-likeness (QED) is 0.252. The summed E-state index contributed by atoms with van der Waals surface area (Å²) in [5, 5.41) is 5.05. The van der Waals surface area contributed by atoms with Gasteiger partial charge in [-0.15, -0.1) is 11.3 Å². The van der Waals surface area contributed by atoms with Gasteiger partial charge in [0.05, 0.1) is 16.1 Å². The second-order valence-corrected chi connectivity index (χ2v) is 9.70. The third kappa shape index (κ3) is 3.60.